The molecule has 0 aliphatic carbocycles. The molecule has 0 amide bonds. The van der Waals surface area contributed by atoms with Gasteiger partial charge in [0.25, 0.3) is 0 Å². The molecule has 0 unspecified atom stereocenters. The molecule has 7 heteroatoms. The molecule has 0 spiro atoms. The van der Waals surface area contributed by atoms with E-state index in [0.29, 0.717) is 12.8 Å². The molecule has 1 fully saturated rings. The minimum atomic E-state index is -0.0689. The van der Waals surface area contributed by atoms with Gasteiger partial charge in [0.1, 0.15) is 5.78 Å². The van der Waals surface area contributed by atoms with Gasteiger partial charge in [0.15, 0.2) is 0 Å². The van der Waals surface area contributed by atoms with Gasteiger partial charge in [-0.3, -0.25) is 10.2 Å². The monoisotopic (exact) mass is 397 g/mol. The second-order valence-corrected chi connectivity index (χ2v) is 7.05. The maximum absolute atomic E-state index is 11.7. The molecule has 0 saturated carbocycles. The Kier molecular flexibility index (Phi) is 8.73. The number of hydrogen-bond acceptors (Lipinski definition) is 6. The topological polar surface area (TPSA) is 105 Å². The number of carbonyl (C=O) groups is 1. The number of anilines is 1. The van der Waals surface area contributed by atoms with E-state index in [0.717, 1.165) is 56.2 Å². The zero-order valence-electron chi connectivity index (χ0n) is 16.1. The van der Waals surface area contributed by atoms with E-state index in [1.807, 2.05) is 24.5 Å². The lowest BCUT2D eigenvalue weighted by Crippen LogP contribution is -2.37. The van der Waals surface area contributed by atoms with Crippen molar-refractivity contribution in [1.82, 2.24) is 9.97 Å². The Hall–Kier alpha value is -2.80. The maximum atomic E-state index is 11.7. The quantitative estimate of drug-likeness (QED) is 0.498. The molecule has 1 saturated heterocycles. The van der Waals surface area contributed by atoms with Crippen LogP contribution in [0.3, 0.4) is 0 Å². The third kappa shape index (κ3) is 7.27. The van der Waals surface area contributed by atoms with Gasteiger partial charge in [-0.2, -0.15) is 0 Å². The highest BCUT2D eigenvalue weighted by atomic mass is 16.5. The number of nitrogens with one attached hydrogen (secondary N) is 1. The number of nitrogens with zero attached hydrogens (tertiary/aromatic N) is 3. The zero-order chi connectivity index (χ0) is 19.8. The third-order valence-corrected chi connectivity index (χ3v) is 4.76. The first-order chi connectivity index (χ1) is 13.6. The molecule has 3 rings (SSSR count). The predicted molar refractivity (Wildman–Crippen MR) is 116 cm³/mol. The Morgan fingerprint density at radius 3 is 2.34 bits per heavy atom. The van der Waals surface area contributed by atoms with E-state index in [1.165, 1.54) is 5.56 Å². The van der Waals surface area contributed by atoms with Gasteiger partial charge in [-0.1, -0.05) is 31.7 Å². The molecule has 2 heterocycles. The average Bonchev–Trinajstić information content (AvgIpc) is 2.72. The highest BCUT2D eigenvalue weighted by molar-refractivity contribution is 5.98. The Bertz CT molecular complexity index is 801. The largest absolute Gasteiger partial charge is 0.387 e. The van der Waals surface area contributed by atoms with Crippen molar-refractivity contribution in [2.75, 3.05) is 31.2 Å². The van der Waals surface area contributed by atoms with Crippen molar-refractivity contribution in [2.45, 2.75) is 39.5 Å². The second-order valence-electron chi connectivity index (χ2n) is 7.05. The lowest BCUT2D eigenvalue weighted by atomic mass is 10.0. The van der Waals surface area contributed by atoms with Crippen LogP contribution >= 0.6 is 0 Å². The van der Waals surface area contributed by atoms with Crippen LogP contribution in [0.5, 0.6) is 0 Å². The Balaban J connectivity index is 0.00000300. The summed E-state index contributed by atoms with van der Waals surface area (Å²) >= 11 is 0. The number of aromatic nitrogens is 2. The van der Waals surface area contributed by atoms with Crippen molar-refractivity contribution in [3.05, 3.63) is 53.3 Å². The lowest BCUT2D eigenvalue weighted by molar-refractivity contribution is -0.117. The summed E-state index contributed by atoms with van der Waals surface area (Å²) in [6.07, 6.45) is 6.72. The molecule has 3 N–H and O–H groups in total. The van der Waals surface area contributed by atoms with Crippen LogP contribution in [0.2, 0.25) is 0 Å². The number of Topliss-reactive ketones (excluding diaryl/α,β-unsaturated/α-hetero) is 1. The van der Waals surface area contributed by atoms with Crippen molar-refractivity contribution in [1.29, 1.82) is 5.41 Å². The van der Waals surface area contributed by atoms with Gasteiger partial charge in [0, 0.05) is 31.9 Å². The molecule has 1 aromatic heterocycles. The molecule has 1 aliphatic heterocycles. The fourth-order valence-electron chi connectivity index (χ4n) is 3.22. The molecule has 7 nitrogen and oxygen atoms in total. The zero-order valence-corrected chi connectivity index (χ0v) is 16.1. The van der Waals surface area contributed by atoms with Gasteiger partial charge in [-0.25, -0.2) is 9.97 Å². The molecule has 0 radical (unpaired) electrons. The molecular formula is C22H31N5O2. The molecule has 1 aliphatic rings. The first-order valence-corrected chi connectivity index (χ1v) is 9.66. The van der Waals surface area contributed by atoms with Crippen LogP contribution in [0.15, 0.2) is 36.7 Å². The highest BCUT2D eigenvalue weighted by Gasteiger charge is 2.13. The van der Waals surface area contributed by atoms with Crippen LogP contribution in [0.4, 0.5) is 5.95 Å². The third-order valence-electron chi connectivity index (χ3n) is 4.76. The highest BCUT2D eigenvalue weighted by Crippen LogP contribution is 2.13. The first-order valence-electron chi connectivity index (χ1n) is 9.66. The SMILES string of the molecule is C.N=C(N)CC(=O)CCc1cccc(CCc2cnc(N3CCOCC3)nc2)c1. The van der Waals surface area contributed by atoms with Gasteiger partial charge >= 0.3 is 0 Å². The summed E-state index contributed by atoms with van der Waals surface area (Å²) in [6, 6.07) is 8.30. The summed E-state index contributed by atoms with van der Waals surface area (Å²) in [5, 5.41) is 7.19. The summed E-state index contributed by atoms with van der Waals surface area (Å²) in [5.41, 5.74) is 8.75. The number of hydrogen-bond donors (Lipinski definition) is 2. The molecule has 0 bridgehead atoms. The molecule has 29 heavy (non-hydrogen) atoms. The minimum Gasteiger partial charge on any atom is -0.387 e. The number of benzene rings is 1. The van der Waals surface area contributed by atoms with Crippen LogP contribution in [0.25, 0.3) is 0 Å². The van der Waals surface area contributed by atoms with E-state index in [-0.39, 0.29) is 25.5 Å². The lowest BCUT2D eigenvalue weighted by Gasteiger charge is -2.26. The van der Waals surface area contributed by atoms with Crippen molar-refractivity contribution in [2.24, 2.45) is 5.73 Å². The van der Waals surface area contributed by atoms with Gasteiger partial charge < -0.3 is 15.4 Å². The van der Waals surface area contributed by atoms with Crippen LogP contribution in [0, 0.1) is 5.41 Å². The number of amidine groups is 1. The fraction of sp³-hybridized carbons (Fsp3) is 0.455. The van der Waals surface area contributed by atoms with E-state index in [1.54, 1.807) is 0 Å². The van der Waals surface area contributed by atoms with Crippen LogP contribution in [0.1, 0.15) is 37.0 Å². The number of rotatable bonds is 9. The first kappa shape index (κ1) is 22.5. The van der Waals surface area contributed by atoms with Gasteiger partial charge in [-0.15, -0.1) is 0 Å². The average molecular weight is 398 g/mol. The number of carbonyl (C=O) groups excluding carboxylic acids is 1. The van der Waals surface area contributed by atoms with E-state index >= 15 is 0 Å². The second kappa shape index (κ2) is 11.3. The summed E-state index contributed by atoms with van der Waals surface area (Å²) in [6.45, 7) is 3.12. The van der Waals surface area contributed by atoms with E-state index in [2.05, 4.69) is 27.0 Å². The number of ether oxygens (including phenoxy) is 1. The fourth-order valence-corrected chi connectivity index (χ4v) is 3.22. The summed E-state index contributed by atoms with van der Waals surface area (Å²) in [4.78, 5) is 22.9. The Labute approximate surface area is 172 Å². The summed E-state index contributed by atoms with van der Waals surface area (Å²) in [7, 11) is 0. The van der Waals surface area contributed by atoms with Crippen molar-refractivity contribution in [3.8, 4) is 0 Å². The Morgan fingerprint density at radius 1 is 1.07 bits per heavy atom. The molecule has 2 aromatic rings. The molecular weight excluding hydrogens is 366 g/mol. The number of nitrogens with two attached hydrogens (primary N) is 1. The number of morpholine rings is 1. The van der Waals surface area contributed by atoms with E-state index < -0.39 is 0 Å². The maximum Gasteiger partial charge on any atom is 0.225 e. The molecule has 0 atom stereocenters. The normalized spacial score (nSPS) is 13.6. The van der Waals surface area contributed by atoms with Gasteiger partial charge in [-0.05, 0) is 36.0 Å². The van der Waals surface area contributed by atoms with Crippen LogP contribution in [-0.2, 0) is 28.8 Å². The van der Waals surface area contributed by atoms with E-state index in [4.69, 9.17) is 15.9 Å². The van der Waals surface area contributed by atoms with Crippen molar-refractivity contribution >= 4 is 17.6 Å². The minimum absolute atomic E-state index is 0. The summed E-state index contributed by atoms with van der Waals surface area (Å²) < 4.78 is 5.36. The predicted octanol–water partition coefficient (Wildman–Crippen LogP) is 2.56. The Morgan fingerprint density at radius 2 is 1.69 bits per heavy atom. The smallest absolute Gasteiger partial charge is 0.225 e. The summed E-state index contributed by atoms with van der Waals surface area (Å²) in [5.74, 6) is 0.709. The molecule has 1 aromatic carbocycles. The number of aryl methyl sites for hydroxylation is 3. The van der Waals surface area contributed by atoms with Crippen molar-refractivity contribution in [3.63, 3.8) is 0 Å². The van der Waals surface area contributed by atoms with Crippen LogP contribution in [-0.4, -0.2) is 47.9 Å². The van der Waals surface area contributed by atoms with Gasteiger partial charge in [0.05, 0.1) is 25.5 Å². The molecule has 156 valence electrons. The number of ketones is 1. The van der Waals surface area contributed by atoms with Gasteiger partial charge in [0.2, 0.25) is 5.95 Å². The van der Waals surface area contributed by atoms with Crippen molar-refractivity contribution < 1.29 is 9.53 Å². The van der Waals surface area contributed by atoms with E-state index in [9.17, 15) is 4.79 Å². The van der Waals surface area contributed by atoms with Crippen LogP contribution < -0.4 is 10.6 Å². The standard InChI is InChI=1S/C21H27N5O2.CH4/c22-20(23)13-19(27)7-6-17-3-1-2-16(12-17)4-5-18-14-24-21(25-15-18)26-8-10-28-11-9-26;/h1-3,12,14-15H,4-11,13H2,(H3,22,23);1H4.